The van der Waals surface area contributed by atoms with E-state index in [4.69, 9.17) is 4.74 Å². The highest BCUT2D eigenvalue weighted by Gasteiger charge is 2.50. The third kappa shape index (κ3) is 4.63. The van der Waals surface area contributed by atoms with Crippen LogP contribution in [0.1, 0.15) is 35.4 Å². The molecule has 3 aromatic carbocycles. The summed E-state index contributed by atoms with van der Waals surface area (Å²) in [4.78, 5) is 2.90. The van der Waals surface area contributed by atoms with Gasteiger partial charge in [0.2, 0.25) is 10.0 Å². The van der Waals surface area contributed by atoms with Gasteiger partial charge in [-0.2, -0.15) is 4.31 Å². The van der Waals surface area contributed by atoms with E-state index in [1.54, 1.807) is 17.5 Å². The molecule has 0 radical (unpaired) electrons. The third-order valence-electron chi connectivity index (χ3n) is 7.95. The molecule has 3 atom stereocenters. The molecule has 2 fully saturated rings. The van der Waals surface area contributed by atoms with E-state index in [-0.39, 0.29) is 18.0 Å². The lowest BCUT2D eigenvalue weighted by molar-refractivity contribution is -0.0635. The molecule has 6 heteroatoms. The molecule has 2 saturated heterocycles. The zero-order valence-electron chi connectivity index (χ0n) is 21.4. The van der Waals surface area contributed by atoms with Crippen molar-refractivity contribution in [3.63, 3.8) is 0 Å². The van der Waals surface area contributed by atoms with E-state index in [0.29, 0.717) is 24.6 Å². The minimum atomic E-state index is -3.56. The first-order valence-corrected chi connectivity index (χ1v) is 14.3. The highest BCUT2D eigenvalue weighted by atomic mass is 32.2. The minimum absolute atomic E-state index is 0.133. The number of hydrogen-bond acceptors (Lipinski definition) is 4. The highest BCUT2D eigenvalue weighted by Crippen LogP contribution is 2.43. The number of aryl methyl sites for hydroxylation is 2. The Labute approximate surface area is 215 Å². The van der Waals surface area contributed by atoms with Crippen molar-refractivity contribution >= 4 is 10.0 Å². The quantitative estimate of drug-likeness (QED) is 0.461. The molecule has 1 unspecified atom stereocenters. The van der Waals surface area contributed by atoms with E-state index in [9.17, 15) is 8.42 Å². The molecule has 190 valence electrons. The van der Waals surface area contributed by atoms with Gasteiger partial charge in [-0.3, -0.25) is 4.90 Å². The molecule has 5 rings (SSSR count). The molecule has 36 heavy (non-hydrogen) atoms. The van der Waals surface area contributed by atoms with E-state index < -0.39 is 10.0 Å². The minimum Gasteiger partial charge on any atom is -0.383 e. The lowest BCUT2D eigenvalue weighted by Crippen LogP contribution is -2.68. The molecule has 3 aromatic rings. The van der Waals surface area contributed by atoms with Crippen LogP contribution in [0.5, 0.6) is 0 Å². The SMILES string of the molecule is COC[C@@H]1C(c2ccc(-c3ccccc3C)cc2)[C@@H]2CN(S(=O)(=O)c3ccccc3C)CCCCN12. The average molecular weight is 505 g/mol. The maximum atomic E-state index is 13.7. The van der Waals surface area contributed by atoms with Crippen molar-refractivity contribution in [2.24, 2.45) is 0 Å². The van der Waals surface area contributed by atoms with E-state index in [1.165, 1.54) is 22.3 Å². The van der Waals surface area contributed by atoms with E-state index in [1.807, 2.05) is 25.1 Å². The van der Waals surface area contributed by atoms with Crippen LogP contribution >= 0.6 is 0 Å². The first-order chi connectivity index (χ1) is 17.4. The van der Waals surface area contributed by atoms with E-state index >= 15 is 0 Å². The fourth-order valence-electron chi connectivity index (χ4n) is 6.05. The van der Waals surface area contributed by atoms with E-state index in [0.717, 1.165) is 24.9 Å². The lowest BCUT2D eigenvalue weighted by Gasteiger charge is -2.57. The molecule has 0 bridgehead atoms. The van der Waals surface area contributed by atoms with Gasteiger partial charge in [0.05, 0.1) is 11.5 Å². The second kappa shape index (κ2) is 10.5. The number of sulfonamides is 1. The molecule has 5 nitrogen and oxygen atoms in total. The topological polar surface area (TPSA) is 49.9 Å². The summed E-state index contributed by atoms with van der Waals surface area (Å²) in [5, 5.41) is 0. The molecule has 2 aliphatic heterocycles. The first kappa shape index (κ1) is 25.2. The number of benzene rings is 3. The Morgan fingerprint density at radius 2 is 1.53 bits per heavy atom. The Balaban J connectivity index is 1.45. The summed E-state index contributed by atoms with van der Waals surface area (Å²) in [6, 6.07) is 25.0. The van der Waals surface area contributed by atoms with E-state index in [2.05, 4.69) is 60.4 Å². The fourth-order valence-corrected chi connectivity index (χ4v) is 7.77. The molecule has 0 amide bonds. The van der Waals surface area contributed by atoms with Crippen molar-refractivity contribution in [3.05, 3.63) is 89.5 Å². The fraction of sp³-hybridized carbons (Fsp3) is 0.400. The summed E-state index contributed by atoms with van der Waals surface area (Å²) in [5.41, 5.74) is 5.76. The number of nitrogens with zero attached hydrogens (tertiary/aromatic N) is 2. The molecule has 2 aliphatic rings. The van der Waals surface area contributed by atoms with Gasteiger partial charge in [-0.25, -0.2) is 8.42 Å². The number of hydrogen-bond donors (Lipinski definition) is 0. The second-order valence-electron chi connectivity index (χ2n) is 10.1. The van der Waals surface area contributed by atoms with Crippen molar-refractivity contribution in [2.75, 3.05) is 33.4 Å². The van der Waals surface area contributed by atoms with Gasteiger partial charge in [-0.15, -0.1) is 0 Å². The number of ether oxygens (including phenoxy) is 1. The molecule has 0 aromatic heterocycles. The first-order valence-electron chi connectivity index (χ1n) is 12.9. The van der Waals surface area contributed by atoms with Crippen LogP contribution in [-0.2, 0) is 14.8 Å². The summed E-state index contributed by atoms with van der Waals surface area (Å²) >= 11 is 0. The number of rotatable bonds is 6. The van der Waals surface area contributed by atoms with Crippen LogP contribution in [0.4, 0.5) is 0 Å². The van der Waals surface area contributed by atoms with Gasteiger partial charge in [-0.05, 0) is 67.1 Å². The summed E-state index contributed by atoms with van der Waals surface area (Å²) in [5.74, 6) is 0.226. The molecular weight excluding hydrogens is 468 g/mol. The van der Waals surface area contributed by atoms with Crippen LogP contribution in [0.25, 0.3) is 11.1 Å². The largest absolute Gasteiger partial charge is 0.383 e. The molecule has 0 spiro atoms. The predicted octanol–water partition coefficient (Wildman–Crippen LogP) is 5.24. The van der Waals surface area contributed by atoms with Crippen LogP contribution in [0.3, 0.4) is 0 Å². The predicted molar refractivity (Wildman–Crippen MR) is 145 cm³/mol. The van der Waals surface area contributed by atoms with Gasteiger partial charge in [0.25, 0.3) is 0 Å². The Morgan fingerprint density at radius 1 is 0.861 bits per heavy atom. The second-order valence-corrected chi connectivity index (χ2v) is 12.0. The summed E-state index contributed by atoms with van der Waals surface area (Å²) < 4.78 is 34.8. The molecule has 2 heterocycles. The Kier molecular flexibility index (Phi) is 7.31. The Morgan fingerprint density at radius 3 is 2.22 bits per heavy atom. The Bertz CT molecular complexity index is 1310. The molecular formula is C30H36N2O3S. The van der Waals surface area contributed by atoms with Crippen molar-refractivity contribution < 1.29 is 13.2 Å². The Hall–Kier alpha value is -2.51. The van der Waals surface area contributed by atoms with Crippen LogP contribution in [0, 0.1) is 13.8 Å². The molecule has 0 aliphatic carbocycles. The smallest absolute Gasteiger partial charge is 0.243 e. The third-order valence-corrected chi connectivity index (χ3v) is 9.97. The molecule has 0 N–H and O–H groups in total. The van der Waals surface area contributed by atoms with Crippen molar-refractivity contribution in [3.8, 4) is 11.1 Å². The van der Waals surface area contributed by atoms with Crippen LogP contribution in [0.15, 0.2) is 77.7 Å². The van der Waals surface area contributed by atoms with Gasteiger partial charge in [0.15, 0.2) is 0 Å². The lowest BCUT2D eigenvalue weighted by atomic mass is 9.74. The van der Waals surface area contributed by atoms with Gasteiger partial charge >= 0.3 is 0 Å². The molecule has 0 saturated carbocycles. The van der Waals surface area contributed by atoms with Crippen LogP contribution in [0.2, 0.25) is 0 Å². The maximum absolute atomic E-state index is 13.7. The monoisotopic (exact) mass is 504 g/mol. The standard InChI is InChI=1S/C30H36N2O3S/c1-22-10-4-6-12-26(22)24-14-16-25(17-15-24)30-27-20-31(18-8-9-19-32(27)28(30)21-35-3)36(33,34)29-13-7-5-11-23(29)2/h4-7,10-17,27-28,30H,8-9,18-21H2,1-3H3/t27-,28+,30?/m0/s1. The van der Waals surface area contributed by atoms with Gasteiger partial charge in [-0.1, -0.05) is 66.7 Å². The van der Waals surface area contributed by atoms with Crippen molar-refractivity contribution in [1.82, 2.24) is 9.21 Å². The van der Waals surface area contributed by atoms with Gasteiger partial charge in [0.1, 0.15) is 0 Å². The average Bonchev–Trinajstić information content (AvgIpc) is 2.86. The summed E-state index contributed by atoms with van der Waals surface area (Å²) in [7, 11) is -1.81. The van der Waals surface area contributed by atoms with Crippen LogP contribution in [-0.4, -0.2) is 63.1 Å². The summed E-state index contributed by atoms with van der Waals surface area (Å²) in [6.45, 7) is 6.70. The van der Waals surface area contributed by atoms with Crippen molar-refractivity contribution in [1.29, 1.82) is 0 Å². The van der Waals surface area contributed by atoms with Gasteiger partial charge in [0, 0.05) is 38.2 Å². The maximum Gasteiger partial charge on any atom is 0.243 e. The van der Waals surface area contributed by atoms with Crippen LogP contribution < -0.4 is 0 Å². The zero-order chi connectivity index (χ0) is 25.3. The summed E-state index contributed by atoms with van der Waals surface area (Å²) in [6.07, 6.45) is 1.85. The normalized spacial score (nSPS) is 23.4. The van der Waals surface area contributed by atoms with Gasteiger partial charge < -0.3 is 4.74 Å². The zero-order valence-corrected chi connectivity index (χ0v) is 22.2. The highest BCUT2D eigenvalue weighted by molar-refractivity contribution is 7.89. The van der Waals surface area contributed by atoms with Crippen molar-refractivity contribution in [2.45, 2.75) is 49.6 Å². The number of fused-ring (bicyclic) bond motifs is 1. The number of methoxy groups -OCH3 is 1.